The number of allylic oxidation sites excluding steroid dienone is 1. The van der Waals surface area contributed by atoms with Gasteiger partial charge < -0.3 is 4.74 Å². The number of carbonyl (C=O) groups is 1. The zero-order chi connectivity index (χ0) is 11.8. The number of esters is 1. The molecule has 1 aromatic rings. The van der Waals surface area contributed by atoms with E-state index in [4.69, 9.17) is 4.74 Å². The molecular formula is C14H18O2. The van der Waals surface area contributed by atoms with E-state index in [1.807, 2.05) is 44.2 Å². The van der Waals surface area contributed by atoms with Crippen molar-refractivity contribution in [2.45, 2.75) is 33.3 Å². The van der Waals surface area contributed by atoms with E-state index in [1.54, 1.807) is 6.08 Å². The van der Waals surface area contributed by atoms with Crippen molar-refractivity contribution in [3.8, 4) is 0 Å². The molecule has 0 saturated heterocycles. The van der Waals surface area contributed by atoms with Crippen LogP contribution in [-0.2, 0) is 16.1 Å². The average molecular weight is 218 g/mol. The van der Waals surface area contributed by atoms with Gasteiger partial charge in [-0.15, -0.1) is 0 Å². The zero-order valence-electron chi connectivity index (χ0n) is 9.90. The van der Waals surface area contributed by atoms with Gasteiger partial charge in [0, 0.05) is 6.08 Å². The first-order valence-corrected chi connectivity index (χ1v) is 5.66. The van der Waals surface area contributed by atoms with Gasteiger partial charge in [0.05, 0.1) is 0 Å². The van der Waals surface area contributed by atoms with E-state index in [1.165, 1.54) is 0 Å². The smallest absolute Gasteiger partial charge is 0.331 e. The van der Waals surface area contributed by atoms with Crippen LogP contribution < -0.4 is 0 Å². The summed E-state index contributed by atoms with van der Waals surface area (Å²) in [5.74, 6) is -0.248. The monoisotopic (exact) mass is 218 g/mol. The summed E-state index contributed by atoms with van der Waals surface area (Å²) in [7, 11) is 0. The fraction of sp³-hybridized carbons (Fsp3) is 0.357. The van der Waals surface area contributed by atoms with Crippen LogP contribution in [0.15, 0.2) is 42.0 Å². The third-order valence-electron chi connectivity index (χ3n) is 2.45. The normalized spacial score (nSPS) is 9.62. The quantitative estimate of drug-likeness (QED) is 0.558. The second-order valence-electron chi connectivity index (χ2n) is 3.60. The summed E-state index contributed by atoms with van der Waals surface area (Å²) in [6.07, 6.45) is 3.40. The van der Waals surface area contributed by atoms with Crippen LogP contribution in [0.3, 0.4) is 0 Å². The fourth-order valence-electron chi connectivity index (χ4n) is 1.39. The second-order valence-corrected chi connectivity index (χ2v) is 3.60. The predicted octanol–water partition coefficient (Wildman–Crippen LogP) is 3.48. The Morgan fingerprint density at radius 2 is 1.81 bits per heavy atom. The third-order valence-corrected chi connectivity index (χ3v) is 2.45. The molecule has 0 spiro atoms. The Balaban J connectivity index is 2.44. The fourth-order valence-corrected chi connectivity index (χ4v) is 1.39. The van der Waals surface area contributed by atoms with Crippen molar-refractivity contribution < 1.29 is 9.53 Å². The van der Waals surface area contributed by atoms with Gasteiger partial charge in [0.1, 0.15) is 6.61 Å². The van der Waals surface area contributed by atoms with Crippen molar-refractivity contribution >= 4 is 5.97 Å². The van der Waals surface area contributed by atoms with Crippen LogP contribution in [0, 0.1) is 0 Å². The molecule has 16 heavy (non-hydrogen) atoms. The summed E-state index contributed by atoms with van der Waals surface area (Å²) in [6, 6.07) is 9.69. The van der Waals surface area contributed by atoms with E-state index in [9.17, 15) is 4.79 Å². The number of ether oxygens (including phenoxy) is 1. The van der Waals surface area contributed by atoms with Gasteiger partial charge in [-0.05, 0) is 18.4 Å². The molecule has 0 atom stereocenters. The third kappa shape index (κ3) is 4.30. The summed E-state index contributed by atoms with van der Waals surface area (Å²) >= 11 is 0. The molecule has 0 N–H and O–H groups in total. The van der Waals surface area contributed by atoms with Crippen LogP contribution in [0.2, 0.25) is 0 Å². The highest BCUT2D eigenvalue weighted by Crippen LogP contribution is 2.06. The molecule has 1 aromatic carbocycles. The van der Waals surface area contributed by atoms with Crippen molar-refractivity contribution in [2.75, 3.05) is 0 Å². The van der Waals surface area contributed by atoms with E-state index >= 15 is 0 Å². The van der Waals surface area contributed by atoms with Gasteiger partial charge in [-0.1, -0.05) is 49.8 Å². The molecule has 0 aliphatic rings. The van der Waals surface area contributed by atoms with Gasteiger partial charge in [0.25, 0.3) is 0 Å². The molecular weight excluding hydrogens is 200 g/mol. The second kappa shape index (κ2) is 6.83. The molecule has 0 aromatic heterocycles. The van der Waals surface area contributed by atoms with E-state index in [2.05, 4.69) is 0 Å². The highest BCUT2D eigenvalue weighted by Gasteiger charge is 2.00. The molecule has 0 aliphatic heterocycles. The Morgan fingerprint density at radius 1 is 1.19 bits per heavy atom. The lowest BCUT2D eigenvalue weighted by atomic mass is 10.1. The van der Waals surface area contributed by atoms with Crippen molar-refractivity contribution in [1.82, 2.24) is 0 Å². The Hall–Kier alpha value is -1.57. The summed E-state index contributed by atoms with van der Waals surface area (Å²) < 4.78 is 5.15. The molecule has 0 radical (unpaired) electrons. The Bertz CT molecular complexity index is 346. The molecule has 86 valence electrons. The predicted molar refractivity (Wildman–Crippen MR) is 64.9 cm³/mol. The molecule has 1 rings (SSSR count). The molecule has 2 nitrogen and oxygen atoms in total. The van der Waals surface area contributed by atoms with Gasteiger partial charge in [-0.3, -0.25) is 0 Å². The van der Waals surface area contributed by atoms with Gasteiger partial charge in [-0.2, -0.15) is 0 Å². The lowest BCUT2D eigenvalue weighted by Crippen LogP contribution is -2.02. The van der Waals surface area contributed by atoms with E-state index < -0.39 is 0 Å². The van der Waals surface area contributed by atoms with Crippen LogP contribution in [0.5, 0.6) is 0 Å². The molecule has 0 aliphatic carbocycles. The molecule has 0 saturated carbocycles. The zero-order valence-corrected chi connectivity index (χ0v) is 9.90. The Labute approximate surface area is 96.9 Å². The van der Waals surface area contributed by atoms with Crippen molar-refractivity contribution in [1.29, 1.82) is 0 Å². The molecule has 0 bridgehead atoms. The van der Waals surface area contributed by atoms with E-state index in [0.29, 0.717) is 6.61 Å². The highest BCUT2D eigenvalue weighted by molar-refractivity contribution is 5.82. The standard InChI is InChI=1S/C14H18O2/c1-3-12(4-2)10-14(15)16-11-13-8-6-5-7-9-13/h5-10H,3-4,11H2,1-2H3. The average Bonchev–Trinajstić information content (AvgIpc) is 2.34. The number of rotatable bonds is 5. The Kier molecular flexibility index (Phi) is 5.34. The summed E-state index contributed by atoms with van der Waals surface area (Å²) in [4.78, 5) is 11.4. The van der Waals surface area contributed by atoms with Gasteiger partial charge in [-0.25, -0.2) is 4.79 Å². The minimum atomic E-state index is -0.248. The lowest BCUT2D eigenvalue weighted by Gasteiger charge is -2.03. The number of carbonyl (C=O) groups excluding carboxylic acids is 1. The topological polar surface area (TPSA) is 26.3 Å². The van der Waals surface area contributed by atoms with E-state index in [-0.39, 0.29) is 5.97 Å². The largest absolute Gasteiger partial charge is 0.458 e. The molecule has 0 amide bonds. The lowest BCUT2D eigenvalue weighted by molar-refractivity contribution is -0.139. The summed E-state index contributed by atoms with van der Waals surface area (Å²) in [5.41, 5.74) is 2.14. The maximum atomic E-state index is 11.4. The van der Waals surface area contributed by atoms with E-state index in [0.717, 1.165) is 24.0 Å². The SMILES string of the molecule is CCC(=CC(=O)OCc1ccccc1)CC. The Morgan fingerprint density at radius 3 is 2.38 bits per heavy atom. The molecule has 0 heterocycles. The van der Waals surface area contributed by atoms with Crippen molar-refractivity contribution in [3.63, 3.8) is 0 Å². The maximum absolute atomic E-state index is 11.4. The number of hydrogen-bond donors (Lipinski definition) is 0. The van der Waals surface area contributed by atoms with Crippen molar-refractivity contribution in [3.05, 3.63) is 47.5 Å². The van der Waals surface area contributed by atoms with Crippen molar-refractivity contribution in [2.24, 2.45) is 0 Å². The highest BCUT2D eigenvalue weighted by atomic mass is 16.5. The summed E-state index contributed by atoms with van der Waals surface area (Å²) in [6.45, 7) is 4.43. The maximum Gasteiger partial charge on any atom is 0.331 e. The van der Waals surface area contributed by atoms with Crippen LogP contribution in [0.1, 0.15) is 32.3 Å². The molecule has 0 unspecified atom stereocenters. The minimum absolute atomic E-state index is 0.248. The van der Waals surface area contributed by atoms with Crippen LogP contribution in [-0.4, -0.2) is 5.97 Å². The minimum Gasteiger partial charge on any atom is -0.458 e. The van der Waals surface area contributed by atoms with Crippen LogP contribution in [0.25, 0.3) is 0 Å². The summed E-state index contributed by atoms with van der Waals surface area (Å²) in [5, 5.41) is 0. The van der Waals surface area contributed by atoms with Crippen LogP contribution in [0.4, 0.5) is 0 Å². The molecule has 0 fully saturated rings. The van der Waals surface area contributed by atoms with Gasteiger partial charge >= 0.3 is 5.97 Å². The first-order valence-electron chi connectivity index (χ1n) is 5.66. The molecule has 2 heteroatoms. The first-order chi connectivity index (χ1) is 7.76. The van der Waals surface area contributed by atoms with Gasteiger partial charge in [0.15, 0.2) is 0 Å². The van der Waals surface area contributed by atoms with Crippen LogP contribution >= 0.6 is 0 Å². The number of benzene rings is 1. The number of hydrogen-bond acceptors (Lipinski definition) is 2. The van der Waals surface area contributed by atoms with Gasteiger partial charge in [0.2, 0.25) is 0 Å². The first kappa shape index (κ1) is 12.5.